The summed E-state index contributed by atoms with van der Waals surface area (Å²) >= 11 is 1.51. The number of benzene rings is 2. The van der Waals surface area contributed by atoms with Crippen LogP contribution in [-0.4, -0.2) is 172 Å². The van der Waals surface area contributed by atoms with Crippen LogP contribution in [0.3, 0.4) is 0 Å². The Bertz CT molecular complexity index is 2900. The molecule has 2 aromatic carbocycles. The highest BCUT2D eigenvalue weighted by molar-refractivity contribution is 7.89. The van der Waals surface area contributed by atoms with Crippen LogP contribution in [0.2, 0.25) is 0 Å². The molecule has 396 valence electrons. The van der Waals surface area contributed by atoms with Gasteiger partial charge in [-0.3, -0.25) is 24.5 Å². The number of aromatic nitrogens is 3. The molecule has 0 radical (unpaired) electrons. The van der Waals surface area contributed by atoms with Gasteiger partial charge < -0.3 is 48.7 Å². The molecule has 0 spiro atoms. The van der Waals surface area contributed by atoms with Crippen molar-refractivity contribution in [2.75, 3.05) is 93.0 Å². The van der Waals surface area contributed by atoms with E-state index in [0.29, 0.717) is 54.2 Å². The molecule has 2 atom stereocenters. The molecule has 5 heterocycles. The lowest BCUT2D eigenvalue weighted by Crippen LogP contribution is -2.59. The largest absolute Gasteiger partial charge is 0.497 e. The zero-order valence-corrected chi connectivity index (χ0v) is 43.7. The molecule has 74 heavy (non-hydrogen) atoms. The Morgan fingerprint density at radius 2 is 1.54 bits per heavy atom. The third kappa shape index (κ3) is 12.6. The van der Waals surface area contributed by atoms with Gasteiger partial charge in [-0.05, 0) is 86.5 Å². The summed E-state index contributed by atoms with van der Waals surface area (Å²) in [7, 11) is 1.18. The van der Waals surface area contributed by atoms with Gasteiger partial charge in [0.25, 0.3) is 11.8 Å². The fourth-order valence-electron chi connectivity index (χ4n) is 9.80. The Balaban J connectivity index is 0.761. The Morgan fingerprint density at radius 3 is 2.24 bits per heavy atom. The number of nitrogens with one attached hydrogen (secondary N) is 3. The van der Waals surface area contributed by atoms with Crippen LogP contribution in [0.5, 0.6) is 17.4 Å². The monoisotopic (exact) mass is 1060 g/mol. The van der Waals surface area contributed by atoms with Gasteiger partial charge in [-0.1, -0.05) is 25.2 Å². The molecule has 2 aliphatic heterocycles. The number of amides is 4. The van der Waals surface area contributed by atoms with E-state index in [1.54, 1.807) is 78.0 Å². The van der Waals surface area contributed by atoms with Gasteiger partial charge in [0.1, 0.15) is 53.0 Å². The lowest BCUT2D eigenvalue weighted by atomic mass is 9.83. The van der Waals surface area contributed by atoms with Gasteiger partial charge in [-0.15, -0.1) is 17.8 Å². The summed E-state index contributed by atoms with van der Waals surface area (Å²) in [5, 5.41) is 11.2. The molecule has 0 bridgehead atoms. The fraction of sp³-hybridized carbons (Fsp3) is 0.500. The van der Waals surface area contributed by atoms with Crippen molar-refractivity contribution in [2.24, 2.45) is 13.0 Å². The first kappa shape index (κ1) is 53.9. The number of fused-ring (bicyclic) bond motifs is 2. The Morgan fingerprint density at radius 1 is 0.851 bits per heavy atom. The molecule has 1 saturated carbocycles. The molecular formula is C52H65N9O11S2. The number of piperazine rings is 1. The van der Waals surface area contributed by atoms with E-state index in [2.05, 4.69) is 31.8 Å². The highest BCUT2D eigenvalue weighted by Gasteiger charge is 2.38. The number of sulfonamides is 1. The van der Waals surface area contributed by atoms with E-state index in [-0.39, 0.29) is 106 Å². The summed E-state index contributed by atoms with van der Waals surface area (Å²) < 4.78 is 59.8. The highest BCUT2D eigenvalue weighted by atomic mass is 32.2. The molecule has 4 amide bonds. The number of ether oxygens (including phenoxy) is 5. The fourth-order valence-corrected chi connectivity index (χ4v) is 12.0. The van der Waals surface area contributed by atoms with Gasteiger partial charge in [-0.2, -0.15) is 4.31 Å². The standard InChI is InChI=1S/C52H65N9O11S2/c1-5-41(53-2)48(62)57-45(35-9-7-6-8-10-35)51(64)59-23-25-60(26-24-59)52(65)46-44(40-16-13-38(68-4)33-43(40)58(46)3)49(63)54-20-27-69-28-29-70-30-31-71-36-11-14-39(15-12-36)74(66,67)61-21-17-37(18-22-61)72-50-47-42(19-32-73-47)55-34-56-50/h1,11-16,19,32-35,37,41,45,53H,6-10,17-18,20-31H2,2-4H3,(H,54,63)(H,57,62)/t41-,45-/m0/s1. The number of rotatable bonds is 22. The molecule has 8 rings (SSSR count). The van der Waals surface area contributed by atoms with E-state index < -0.39 is 33.9 Å². The number of hydrogen-bond donors (Lipinski definition) is 3. The van der Waals surface area contributed by atoms with E-state index in [4.69, 9.17) is 30.1 Å². The number of aryl methyl sites for hydroxylation is 1. The molecule has 3 fully saturated rings. The number of hydrogen-bond acceptors (Lipinski definition) is 15. The number of thiophene rings is 1. The summed E-state index contributed by atoms with van der Waals surface area (Å²) in [6.45, 7) is 3.02. The minimum absolute atomic E-state index is 0.0123. The summed E-state index contributed by atoms with van der Waals surface area (Å²) in [6, 6.07) is 11.9. The van der Waals surface area contributed by atoms with Crippen LogP contribution >= 0.6 is 11.3 Å². The highest BCUT2D eigenvalue weighted by Crippen LogP contribution is 2.33. The van der Waals surface area contributed by atoms with E-state index in [9.17, 15) is 27.6 Å². The number of terminal acetylenes is 1. The maximum atomic E-state index is 14.4. The Labute approximate surface area is 435 Å². The number of methoxy groups -OCH3 is 1. The quantitative estimate of drug-likeness (QED) is 0.0662. The molecule has 3 aromatic heterocycles. The van der Waals surface area contributed by atoms with E-state index in [1.807, 2.05) is 11.4 Å². The van der Waals surface area contributed by atoms with Gasteiger partial charge in [0.05, 0.1) is 55.0 Å². The lowest BCUT2D eigenvalue weighted by Gasteiger charge is -2.39. The van der Waals surface area contributed by atoms with Crippen LogP contribution in [-0.2, 0) is 36.1 Å². The zero-order chi connectivity index (χ0) is 52.2. The molecule has 20 nitrogen and oxygen atoms in total. The number of nitrogens with zero attached hydrogens (tertiary/aromatic N) is 6. The zero-order valence-electron chi connectivity index (χ0n) is 42.1. The number of carbonyl (C=O) groups is 4. The molecule has 2 saturated heterocycles. The maximum absolute atomic E-state index is 14.4. The van der Waals surface area contributed by atoms with Crippen LogP contribution in [0.1, 0.15) is 65.8 Å². The molecule has 5 aromatic rings. The molecule has 3 N–H and O–H groups in total. The van der Waals surface area contributed by atoms with Crippen molar-refractivity contribution in [2.45, 2.75) is 68.0 Å². The SMILES string of the molecule is C#C[C@H](NC)C(=O)N[C@H](C(=O)N1CCN(C(=O)c2c(C(=O)NCCOCCOCCOc3ccc(S(=O)(=O)N4CCC(Oc5ncnc6ccsc56)CC4)cc3)c3ccc(OC)cc3n2C)CC1)C1CCCCC1. The molecule has 22 heteroatoms. The normalized spacial score (nSPS) is 16.9. The van der Waals surface area contributed by atoms with Crippen LogP contribution in [0.15, 0.2) is 65.1 Å². The third-order valence-corrected chi connectivity index (χ3v) is 16.7. The Hall–Kier alpha value is -6.35. The number of carbonyl (C=O) groups excluding carboxylic acids is 4. The predicted octanol–water partition coefficient (Wildman–Crippen LogP) is 3.84. The minimum Gasteiger partial charge on any atom is -0.497 e. The minimum atomic E-state index is -3.70. The van der Waals surface area contributed by atoms with Crippen LogP contribution in [0.4, 0.5) is 0 Å². The van der Waals surface area contributed by atoms with E-state index >= 15 is 0 Å². The predicted molar refractivity (Wildman–Crippen MR) is 278 cm³/mol. The van der Waals surface area contributed by atoms with Gasteiger partial charge in [0, 0.05) is 64.3 Å². The van der Waals surface area contributed by atoms with Crippen molar-refractivity contribution in [3.63, 3.8) is 0 Å². The van der Waals surface area contributed by atoms with Gasteiger partial charge in [-0.25, -0.2) is 18.4 Å². The molecular weight excluding hydrogens is 991 g/mol. The molecule has 1 aliphatic carbocycles. The average Bonchev–Trinajstić information content (AvgIpc) is 4.04. The van der Waals surface area contributed by atoms with Crippen LogP contribution in [0.25, 0.3) is 21.1 Å². The van der Waals surface area contributed by atoms with Gasteiger partial charge >= 0.3 is 0 Å². The number of piperidine rings is 1. The smallest absolute Gasteiger partial charge is 0.271 e. The summed E-state index contributed by atoms with van der Waals surface area (Å²) in [5.41, 5.74) is 1.90. The van der Waals surface area contributed by atoms with Gasteiger partial charge in [0.15, 0.2) is 0 Å². The topological polar surface area (TPSA) is 225 Å². The van der Waals surface area contributed by atoms with Crippen LogP contribution < -0.4 is 30.2 Å². The summed E-state index contributed by atoms with van der Waals surface area (Å²) in [6.07, 6.45) is 12.7. The van der Waals surface area contributed by atoms with Crippen molar-refractivity contribution in [3.8, 4) is 29.7 Å². The first-order chi connectivity index (χ1) is 35.9. The third-order valence-electron chi connectivity index (χ3n) is 13.9. The summed E-state index contributed by atoms with van der Waals surface area (Å²) in [4.78, 5) is 67.6. The van der Waals surface area contributed by atoms with Gasteiger partial charge in [0.2, 0.25) is 27.7 Å². The second kappa shape index (κ2) is 25.3. The van der Waals surface area contributed by atoms with E-state index in [1.165, 1.54) is 22.0 Å². The maximum Gasteiger partial charge on any atom is 0.271 e. The van der Waals surface area contributed by atoms with Crippen molar-refractivity contribution in [3.05, 3.63) is 71.5 Å². The molecule has 0 unspecified atom stereocenters. The van der Waals surface area contributed by atoms with Crippen molar-refractivity contribution >= 4 is 66.1 Å². The van der Waals surface area contributed by atoms with Crippen molar-refractivity contribution in [1.29, 1.82) is 0 Å². The van der Waals surface area contributed by atoms with E-state index in [0.717, 1.165) is 42.3 Å². The first-order valence-corrected chi connectivity index (χ1v) is 27.4. The van der Waals surface area contributed by atoms with Crippen molar-refractivity contribution in [1.82, 2.24) is 44.6 Å². The number of likely N-dealkylation sites (N-methyl/N-ethyl adjacent to an activating group) is 1. The second-order valence-corrected chi connectivity index (χ2v) is 21.2. The molecule has 3 aliphatic rings. The second-order valence-electron chi connectivity index (χ2n) is 18.4. The Kier molecular flexibility index (Phi) is 18.4. The summed E-state index contributed by atoms with van der Waals surface area (Å²) in [5.74, 6) is 2.63. The lowest BCUT2D eigenvalue weighted by molar-refractivity contribution is -0.139. The van der Waals surface area contributed by atoms with Crippen molar-refractivity contribution < 1.29 is 51.3 Å². The average molecular weight is 1060 g/mol. The first-order valence-electron chi connectivity index (χ1n) is 25.1. The van der Waals surface area contributed by atoms with Crippen LogP contribution in [0, 0.1) is 18.3 Å².